The van der Waals surface area contributed by atoms with Gasteiger partial charge in [0.05, 0.1) is 12.1 Å². The molecule has 0 aliphatic heterocycles. The number of halogens is 1. The molecular weight excluding hydrogens is 213 g/mol. The number of rotatable bonds is 3. The standard InChI is InChI=1S/C10H12FN3O2/c1-14(5-9(13)15)10(16)7-4-6(11)2-3-8(7)12/h2-4H,5,12H2,1H3,(H2,13,15). The minimum atomic E-state index is -0.647. The zero-order chi connectivity index (χ0) is 12.3. The topological polar surface area (TPSA) is 89.4 Å². The van der Waals surface area contributed by atoms with Crippen molar-refractivity contribution in [2.75, 3.05) is 19.3 Å². The van der Waals surface area contributed by atoms with Crippen LogP contribution in [0, 0.1) is 5.82 Å². The molecular formula is C10H12FN3O2. The lowest BCUT2D eigenvalue weighted by atomic mass is 10.1. The Morgan fingerprint density at radius 3 is 2.62 bits per heavy atom. The maximum absolute atomic E-state index is 12.9. The average molecular weight is 225 g/mol. The SMILES string of the molecule is CN(CC(N)=O)C(=O)c1cc(F)ccc1N. The smallest absolute Gasteiger partial charge is 0.256 e. The van der Waals surface area contributed by atoms with Gasteiger partial charge in [-0.15, -0.1) is 0 Å². The van der Waals surface area contributed by atoms with Crippen molar-refractivity contribution in [1.82, 2.24) is 4.90 Å². The summed E-state index contributed by atoms with van der Waals surface area (Å²) in [4.78, 5) is 23.4. The van der Waals surface area contributed by atoms with Gasteiger partial charge in [-0.2, -0.15) is 0 Å². The number of benzene rings is 1. The molecule has 0 aliphatic carbocycles. The molecule has 0 atom stereocenters. The van der Waals surface area contributed by atoms with Crippen LogP contribution >= 0.6 is 0 Å². The van der Waals surface area contributed by atoms with Crippen LogP contribution in [0.3, 0.4) is 0 Å². The van der Waals surface area contributed by atoms with Crippen LogP contribution in [-0.2, 0) is 4.79 Å². The van der Waals surface area contributed by atoms with Crippen molar-refractivity contribution in [1.29, 1.82) is 0 Å². The second-order valence-electron chi connectivity index (χ2n) is 3.36. The first-order valence-electron chi connectivity index (χ1n) is 4.50. The van der Waals surface area contributed by atoms with Crippen molar-refractivity contribution in [3.8, 4) is 0 Å². The van der Waals surface area contributed by atoms with E-state index >= 15 is 0 Å². The molecule has 5 nitrogen and oxygen atoms in total. The molecule has 0 saturated heterocycles. The first-order valence-corrected chi connectivity index (χ1v) is 4.50. The van der Waals surface area contributed by atoms with E-state index < -0.39 is 17.6 Å². The van der Waals surface area contributed by atoms with Crippen LogP contribution in [0.2, 0.25) is 0 Å². The van der Waals surface area contributed by atoms with Crippen LogP contribution < -0.4 is 11.5 Å². The highest BCUT2D eigenvalue weighted by Gasteiger charge is 2.16. The van der Waals surface area contributed by atoms with Crippen molar-refractivity contribution in [2.45, 2.75) is 0 Å². The summed E-state index contributed by atoms with van der Waals surface area (Å²) in [7, 11) is 1.39. The van der Waals surface area contributed by atoms with Crippen LogP contribution in [0.5, 0.6) is 0 Å². The average Bonchev–Trinajstić information content (AvgIpc) is 2.19. The summed E-state index contributed by atoms with van der Waals surface area (Å²) in [6.07, 6.45) is 0. The Morgan fingerprint density at radius 2 is 2.06 bits per heavy atom. The van der Waals surface area contributed by atoms with Gasteiger partial charge in [0.25, 0.3) is 5.91 Å². The zero-order valence-electron chi connectivity index (χ0n) is 8.74. The van der Waals surface area contributed by atoms with Crippen molar-refractivity contribution >= 4 is 17.5 Å². The second kappa shape index (κ2) is 4.61. The monoisotopic (exact) mass is 225 g/mol. The molecule has 0 unspecified atom stereocenters. The molecule has 0 radical (unpaired) electrons. The fourth-order valence-corrected chi connectivity index (χ4v) is 1.22. The molecule has 0 fully saturated rings. The molecule has 86 valence electrons. The van der Waals surface area contributed by atoms with Crippen LogP contribution in [0.4, 0.5) is 10.1 Å². The Bertz CT molecular complexity index is 434. The van der Waals surface area contributed by atoms with Crippen molar-refractivity contribution in [3.05, 3.63) is 29.6 Å². The van der Waals surface area contributed by atoms with Crippen LogP contribution in [0.15, 0.2) is 18.2 Å². The van der Waals surface area contributed by atoms with Gasteiger partial charge in [-0.05, 0) is 18.2 Å². The Hall–Kier alpha value is -2.11. The number of hydrogen-bond donors (Lipinski definition) is 2. The van der Waals surface area contributed by atoms with E-state index in [1.165, 1.54) is 13.1 Å². The molecule has 16 heavy (non-hydrogen) atoms. The summed E-state index contributed by atoms with van der Waals surface area (Å²) >= 11 is 0. The van der Waals surface area contributed by atoms with Gasteiger partial charge in [-0.25, -0.2) is 4.39 Å². The van der Waals surface area contributed by atoms with Gasteiger partial charge < -0.3 is 16.4 Å². The van der Waals surface area contributed by atoms with E-state index in [0.717, 1.165) is 17.0 Å². The number of nitrogens with two attached hydrogens (primary N) is 2. The van der Waals surface area contributed by atoms with E-state index in [-0.39, 0.29) is 17.8 Å². The first kappa shape index (κ1) is 12.0. The van der Waals surface area contributed by atoms with E-state index in [1.54, 1.807) is 0 Å². The van der Waals surface area contributed by atoms with E-state index in [2.05, 4.69) is 0 Å². The Morgan fingerprint density at radius 1 is 1.44 bits per heavy atom. The first-order chi connectivity index (χ1) is 7.41. The number of anilines is 1. The molecule has 0 bridgehead atoms. The maximum atomic E-state index is 12.9. The fraction of sp³-hybridized carbons (Fsp3) is 0.200. The quantitative estimate of drug-likeness (QED) is 0.707. The minimum Gasteiger partial charge on any atom is -0.398 e. The summed E-state index contributed by atoms with van der Waals surface area (Å²) in [6.45, 7) is -0.241. The molecule has 1 rings (SSSR count). The molecule has 2 amide bonds. The Labute approximate surface area is 91.8 Å². The van der Waals surface area contributed by atoms with Gasteiger partial charge >= 0.3 is 0 Å². The van der Waals surface area contributed by atoms with Crippen LogP contribution in [0.25, 0.3) is 0 Å². The summed E-state index contributed by atoms with van der Waals surface area (Å²) < 4.78 is 12.9. The molecule has 0 aromatic heterocycles. The summed E-state index contributed by atoms with van der Waals surface area (Å²) in [5, 5.41) is 0. The van der Waals surface area contributed by atoms with Crippen LogP contribution in [0.1, 0.15) is 10.4 Å². The maximum Gasteiger partial charge on any atom is 0.256 e. The van der Waals surface area contributed by atoms with Gasteiger partial charge in [-0.3, -0.25) is 9.59 Å². The largest absolute Gasteiger partial charge is 0.398 e. The highest BCUT2D eigenvalue weighted by molar-refractivity contribution is 6.00. The molecule has 1 aromatic rings. The van der Waals surface area contributed by atoms with E-state index in [1.807, 2.05) is 0 Å². The summed E-state index contributed by atoms with van der Waals surface area (Å²) in [5.74, 6) is -1.76. The van der Waals surface area contributed by atoms with Crippen molar-refractivity contribution < 1.29 is 14.0 Å². The number of amides is 2. The van der Waals surface area contributed by atoms with Crippen molar-refractivity contribution in [2.24, 2.45) is 5.73 Å². The highest BCUT2D eigenvalue weighted by Crippen LogP contribution is 2.15. The predicted octanol–water partition coefficient (Wildman–Crippen LogP) is -0.0348. The normalized spacial score (nSPS) is 9.88. The summed E-state index contributed by atoms with van der Waals surface area (Å²) in [5.41, 5.74) is 10.6. The van der Waals surface area contributed by atoms with Gasteiger partial charge in [-0.1, -0.05) is 0 Å². The minimum absolute atomic E-state index is 0.0174. The third-order valence-electron chi connectivity index (χ3n) is 1.99. The molecule has 0 spiro atoms. The summed E-state index contributed by atoms with van der Waals surface area (Å²) in [6, 6.07) is 3.47. The lowest BCUT2D eigenvalue weighted by Gasteiger charge is -2.16. The number of primary amides is 1. The number of carbonyl (C=O) groups excluding carboxylic acids is 2. The van der Waals surface area contributed by atoms with E-state index in [4.69, 9.17) is 11.5 Å². The van der Waals surface area contributed by atoms with Crippen molar-refractivity contribution in [3.63, 3.8) is 0 Å². The van der Waals surface area contributed by atoms with Gasteiger partial charge in [0.1, 0.15) is 5.82 Å². The number of hydrogen-bond acceptors (Lipinski definition) is 3. The second-order valence-corrected chi connectivity index (χ2v) is 3.36. The number of nitrogen functional groups attached to an aromatic ring is 1. The van der Waals surface area contributed by atoms with E-state index in [9.17, 15) is 14.0 Å². The third-order valence-corrected chi connectivity index (χ3v) is 1.99. The molecule has 1 aromatic carbocycles. The molecule has 0 aliphatic rings. The number of carbonyl (C=O) groups is 2. The molecule has 4 N–H and O–H groups in total. The number of likely N-dealkylation sites (N-methyl/N-ethyl adjacent to an activating group) is 1. The van der Waals surface area contributed by atoms with Gasteiger partial charge in [0.2, 0.25) is 5.91 Å². The zero-order valence-corrected chi connectivity index (χ0v) is 8.74. The number of nitrogens with zero attached hydrogens (tertiary/aromatic N) is 1. The third kappa shape index (κ3) is 2.69. The van der Waals surface area contributed by atoms with E-state index in [0.29, 0.717) is 0 Å². The Balaban J connectivity index is 2.95. The van der Waals surface area contributed by atoms with Gasteiger partial charge in [0.15, 0.2) is 0 Å². The molecule has 6 heteroatoms. The fourth-order valence-electron chi connectivity index (χ4n) is 1.22. The molecule has 0 saturated carbocycles. The Kier molecular flexibility index (Phi) is 3.44. The van der Waals surface area contributed by atoms with Gasteiger partial charge in [0, 0.05) is 12.7 Å². The lowest BCUT2D eigenvalue weighted by Crippen LogP contribution is -2.35. The predicted molar refractivity (Wildman–Crippen MR) is 57.0 cm³/mol. The lowest BCUT2D eigenvalue weighted by molar-refractivity contribution is -0.118. The van der Waals surface area contributed by atoms with Crippen LogP contribution in [-0.4, -0.2) is 30.3 Å². The molecule has 0 heterocycles. The highest BCUT2D eigenvalue weighted by atomic mass is 19.1.